The van der Waals surface area contributed by atoms with Crippen molar-refractivity contribution in [3.63, 3.8) is 0 Å². The number of hydrogen-bond acceptors (Lipinski definition) is 5. The Hall–Kier alpha value is -3.21. The molecule has 2 aliphatic rings. The Morgan fingerprint density at radius 3 is 2.20 bits per heavy atom. The lowest BCUT2D eigenvalue weighted by Gasteiger charge is -2.32. The molecule has 41 heavy (non-hydrogen) atoms. The lowest BCUT2D eigenvalue weighted by Crippen LogP contribution is -2.47. The van der Waals surface area contributed by atoms with Gasteiger partial charge in [0.25, 0.3) is 0 Å². The summed E-state index contributed by atoms with van der Waals surface area (Å²) in [7, 11) is -4.56. The third-order valence-corrected chi connectivity index (χ3v) is 9.64. The van der Waals surface area contributed by atoms with Gasteiger partial charge in [0, 0.05) is 5.02 Å². The number of phenolic OH excluding ortho intramolecular Hbond substituents is 1. The largest absolute Gasteiger partial charge is 0.508 e. The van der Waals surface area contributed by atoms with E-state index in [4.69, 9.17) is 21.1 Å². The number of aromatic hydroxyl groups is 1. The van der Waals surface area contributed by atoms with Crippen LogP contribution < -0.4 is 9.04 Å². The van der Waals surface area contributed by atoms with Gasteiger partial charge in [0.05, 0.1) is 18.4 Å². The first kappa shape index (κ1) is 29.3. The predicted octanol–water partition coefficient (Wildman–Crippen LogP) is 7.07. The van der Waals surface area contributed by atoms with Crippen LogP contribution in [0.3, 0.4) is 0 Å². The van der Waals surface area contributed by atoms with E-state index in [9.17, 15) is 26.7 Å². The number of ether oxygens (including phenoxy) is 2. The van der Waals surface area contributed by atoms with E-state index in [0.717, 1.165) is 24.0 Å². The Balaban J connectivity index is 1.56. The average Bonchev–Trinajstić information content (AvgIpc) is 3.53. The van der Waals surface area contributed by atoms with E-state index in [-0.39, 0.29) is 22.9 Å². The van der Waals surface area contributed by atoms with Crippen molar-refractivity contribution in [3.8, 4) is 11.5 Å². The van der Waals surface area contributed by atoms with Gasteiger partial charge in [0.1, 0.15) is 29.4 Å². The van der Waals surface area contributed by atoms with E-state index < -0.39 is 40.2 Å². The van der Waals surface area contributed by atoms with Crippen LogP contribution >= 0.6 is 11.6 Å². The van der Waals surface area contributed by atoms with Crippen molar-refractivity contribution in [2.24, 2.45) is 0 Å². The van der Waals surface area contributed by atoms with Crippen LogP contribution in [0.15, 0.2) is 72.8 Å². The summed E-state index contributed by atoms with van der Waals surface area (Å²) in [6.45, 7) is 0.940. The highest BCUT2D eigenvalue weighted by Gasteiger charge is 2.55. The summed E-state index contributed by atoms with van der Waals surface area (Å²) in [5.41, 5.74) is 2.61. The molecule has 2 heterocycles. The number of hydrogen-bond donors (Lipinski definition) is 1. The van der Waals surface area contributed by atoms with Crippen molar-refractivity contribution >= 4 is 38.5 Å². The monoisotopic (exact) mass is 607 g/mol. The van der Waals surface area contributed by atoms with Crippen molar-refractivity contribution in [2.75, 3.05) is 17.5 Å². The van der Waals surface area contributed by atoms with Gasteiger partial charge in [-0.3, -0.25) is 4.31 Å². The van der Waals surface area contributed by atoms with Crippen LogP contribution in [0.25, 0.3) is 11.1 Å². The summed E-state index contributed by atoms with van der Waals surface area (Å²) >= 11 is 5.92. The fourth-order valence-electron chi connectivity index (χ4n) is 5.33. The van der Waals surface area contributed by atoms with Crippen molar-refractivity contribution in [3.05, 3.63) is 88.9 Å². The van der Waals surface area contributed by atoms with Gasteiger partial charge < -0.3 is 14.6 Å². The van der Waals surface area contributed by atoms with E-state index in [2.05, 4.69) is 6.92 Å². The molecule has 0 spiro atoms. The highest BCUT2D eigenvalue weighted by atomic mass is 35.5. The Kier molecular flexibility index (Phi) is 8.27. The summed E-state index contributed by atoms with van der Waals surface area (Å²) in [5.74, 6) is 0.723. The molecule has 1 saturated heterocycles. The summed E-state index contributed by atoms with van der Waals surface area (Å²) < 4.78 is 81.4. The van der Waals surface area contributed by atoms with E-state index >= 15 is 0 Å². The SMILES string of the molecule is CCCCOc1ccc(C2=C(c3ccc(O)cc3)[C@H]3C[C@H](S(=O)(=O)N(CC(F)(F)F)c4ccc(Cl)cc4)[C@@H]2O3)cc1. The molecule has 3 atom stereocenters. The molecule has 0 amide bonds. The Morgan fingerprint density at radius 1 is 0.976 bits per heavy atom. The Labute approximate surface area is 242 Å². The van der Waals surface area contributed by atoms with Gasteiger partial charge >= 0.3 is 6.18 Å². The molecule has 1 N–H and O–H groups in total. The third-order valence-electron chi connectivity index (χ3n) is 7.23. The number of sulfonamides is 1. The zero-order chi connectivity index (χ0) is 29.4. The molecular weight excluding hydrogens is 579 g/mol. The predicted molar refractivity (Wildman–Crippen MR) is 153 cm³/mol. The second-order valence-electron chi connectivity index (χ2n) is 10.1. The zero-order valence-corrected chi connectivity index (χ0v) is 23.7. The molecule has 6 nitrogen and oxygen atoms in total. The normalized spacial score (nSPS) is 20.5. The maximum Gasteiger partial charge on any atom is 0.407 e. The standard InChI is InChI=1S/C30H29ClF3NO5S/c1-2-3-16-39-24-14-6-20(7-15-24)28-27(19-4-12-23(36)13-5-19)25-17-26(29(28)40-25)41(37,38)35(18-30(32,33)34)22-10-8-21(31)9-11-22/h4-15,25-26,29,36H,2-3,16-18H2,1H3/t25-,26+,29+/m1/s1. The molecule has 5 rings (SSSR count). The van der Waals surface area contributed by atoms with E-state index in [1.54, 1.807) is 36.4 Å². The van der Waals surface area contributed by atoms with Gasteiger partial charge in [-0.05, 0) is 83.6 Å². The fraction of sp³-hybridized carbons (Fsp3) is 0.333. The topological polar surface area (TPSA) is 76.1 Å². The summed E-state index contributed by atoms with van der Waals surface area (Å²) in [4.78, 5) is 0. The van der Waals surface area contributed by atoms with Crippen molar-refractivity contribution < 1.29 is 36.2 Å². The number of fused-ring (bicyclic) bond motifs is 2. The minimum absolute atomic E-state index is 0.0210. The molecule has 0 aromatic heterocycles. The Bertz CT molecular complexity index is 1510. The van der Waals surface area contributed by atoms with Gasteiger partial charge in [-0.25, -0.2) is 8.42 Å². The van der Waals surface area contributed by atoms with E-state index in [1.807, 2.05) is 0 Å². The molecule has 3 aromatic carbocycles. The molecule has 0 saturated carbocycles. The number of unbranched alkanes of at least 4 members (excludes halogenated alkanes) is 1. The van der Waals surface area contributed by atoms with E-state index in [1.165, 1.54) is 36.4 Å². The number of benzene rings is 3. The van der Waals surface area contributed by atoms with Crippen molar-refractivity contribution in [1.29, 1.82) is 0 Å². The molecule has 0 aliphatic carbocycles. The molecule has 2 aliphatic heterocycles. The van der Waals surface area contributed by atoms with Gasteiger partial charge in [-0.1, -0.05) is 49.2 Å². The summed E-state index contributed by atoms with van der Waals surface area (Å²) in [6, 6.07) is 18.9. The lowest BCUT2D eigenvalue weighted by atomic mass is 9.83. The average molecular weight is 608 g/mol. The van der Waals surface area contributed by atoms with E-state index in [0.29, 0.717) is 27.8 Å². The van der Waals surface area contributed by atoms with Gasteiger partial charge in [0.2, 0.25) is 10.0 Å². The first-order valence-electron chi connectivity index (χ1n) is 13.2. The maximum absolute atomic E-state index is 14.0. The van der Waals surface area contributed by atoms with Crippen LogP contribution in [-0.2, 0) is 14.8 Å². The summed E-state index contributed by atoms with van der Waals surface area (Å²) in [6.07, 6.45) is -4.60. The number of halogens is 4. The van der Waals surface area contributed by atoms with Crippen LogP contribution in [0.2, 0.25) is 5.02 Å². The number of alkyl halides is 3. The second kappa shape index (κ2) is 11.6. The van der Waals surface area contributed by atoms with Crippen LogP contribution in [0.4, 0.5) is 18.9 Å². The minimum atomic E-state index is -4.78. The highest BCUT2D eigenvalue weighted by molar-refractivity contribution is 7.93. The number of nitrogens with zero attached hydrogens (tertiary/aromatic N) is 1. The fourth-order valence-corrected chi connectivity index (χ4v) is 7.45. The molecule has 0 radical (unpaired) electrons. The quantitative estimate of drug-likeness (QED) is 0.249. The number of phenols is 1. The van der Waals surface area contributed by atoms with Crippen LogP contribution in [-0.4, -0.2) is 50.3 Å². The van der Waals surface area contributed by atoms with Gasteiger partial charge in [-0.2, -0.15) is 13.2 Å². The van der Waals surface area contributed by atoms with Gasteiger partial charge in [-0.15, -0.1) is 0 Å². The first-order chi connectivity index (χ1) is 19.5. The first-order valence-corrected chi connectivity index (χ1v) is 15.1. The van der Waals surface area contributed by atoms with Crippen molar-refractivity contribution in [1.82, 2.24) is 0 Å². The molecule has 1 fully saturated rings. The van der Waals surface area contributed by atoms with Crippen LogP contribution in [0, 0.1) is 0 Å². The molecule has 218 valence electrons. The maximum atomic E-state index is 14.0. The van der Waals surface area contributed by atoms with Crippen molar-refractivity contribution in [2.45, 2.75) is 49.8 Å². The zero-order valence-electron chi connectivity index (χ0n) is 22.1. The Morgan fingerprint density at radius 2 is 1.59 bits per heavy atom. The highest BCUT2D eigenvalue weighted by Crippen LogP contribution is 2.51. The third kappa shape index (κ3) is 6.19. The van der Waals surface area contributed by atoms with Gasteiger partial charge in [0.15, 0.2) is 0 Å². The number of anilines is 1. The molecule has 11 heteroatoms. The smallest absolute Gasteiger partial charge is 0.407 e. The number of rotatable bonds is 10. The lowest BCUT2D eigenvalue weighted by molar-refractivity contribution is -0.117. The van der Waals surface area contributed by atoms with Crippen LogP contribution in [0.5, 0.6) is 11.5 Å². The van der Waals surface area contributed by atoms with Crippen LogP contribution in [0.1, 0.15) is 37.3 Å². The molecular formula is C30H29ClF3NO5S. The second-order valence-corrected chi connectivity index (χ2v) is 12.6. The molecule has 2 bridgehead atoms. The minimum Gasteiger partial charge on any atom is -0.508 e. The summed E-state index contributed by atoms with van der Waals surface area (Å²) in [5, 5.41) is 8.82. The molecule has 3 aromatic rings. The molecule has 0 unspecified atom stereocenters.